The summed E-state index contributed by atoms with van der Waals surface area (Å²) in [5, 5.41) is 7.00. The molecule has 4 rings (SSSR count). The van der Waals surface area contributed by atoms with Gasteiger partial charge in [-0.1, -0.05) is 0 Å². The first-order valence-corrected chi connectivity index (χ1v) is 11.7. The number of nitrogens with one attached hydrogen (secondary N) is 3. The number of H-pyrrole nitrogens is 1. The molecule has 0 spiro atoms. The minimum absolute atomic E-state index is 0.104. The van der Waals surface area contributed by atoms with Gasteiger partial charge in [0.05, 0.1) is 27.3 Å². The Kier molecular flexibility index (Phi) is 6.21. The third-order valence-electron chi connectivity index (χ3n) is 5.85. The van der Waals surface area contributed by atoms with Crippen LogP contribution in [0.1, 0.15) is 46.5 Å². The van der Waals surface area contributed by atoms with Gasteiger partial charge in [-0.15, -0.1) is 0 Å². The second-order valence-corrected chi connectivity index (χ2v) is 10.2. The number of piperidine rings is 1. The minimum Gasteiger partial charge on any atom is -0.443 e. The maximum Gasteiger partial charge on any atom is 0.415 e. The van der Waals surface area contributed by atoms with E-state index in [1.54, 1.807) is 24.4 Å². The molecule has 2 aromatic heterocycles. The van der Waals surface area contributed by atoms with E-state index in [1.165, 1.54) is 0 Å². The average molecular weight is 508 g/mol. The van der Waals surface area contributed by atoms with Crippen LogP contribution in [0.25, 0.3) is 11.0 Å². The van der Waals surface area contributed by atoms with Crippen LogP contribution in [0.4, 0.5) is 16.2 Å². The van der Waals surface area contributed by atoms with Gasteiger partial charge in [-0.05, 0) is 68.9 Å². The molecular weight excluding hydrogens is 478 g/mol. The molecule has 1 aliphatic carbocycles. The predicted molar refractivity (Wildman–Crippen MR) is 126 cm³/mol. The largest absolute Gasteiger partial charge is 0.443 e. The molecule has 9 nitrogen and oxygen atoms in total. The molecule has 2 aromatic rings. The molecule has 32 heavy (non-hydrogen) atoms. The molecule has 1 saturated heterocycles. The van der Waals surface area contributed by atoms with E-state index in [0.717, 1.165) is 19.4 Å². The van der Waals surface area contributed by atoms with E-state index in [4.69, 9.17) is 9.47 Å². The maximum atomic E-state index is 13.4. The van der Waals surface area contributed by atoms with Crippen LogP contribution in [-0.4, -0.2) is 59.4 Å². The van der Waals surface area contributed by atoms with Crippen molar-refractivity contribution in [1.29, 1.82) is 0 Å². The third kappa shape index (κ3) is 4.49. The van der Waals surface area contributed by atoms with E-state index in [-0.39, 0.29) is 11.9 Å². The number of nitrogens with zero attached hydrogens (tertiary/aromatic N) is 2. The number of ether oxygens (including phenoxy) is 2. The number of halogens is 1. The van der Waals surface area contributed by atoms with Crippen LogP contribution >= 0.6 is 15.9 Å². The van der Waals surface area contributed by atoms with E-state index in [9.17, 15) is 9.59 Å². The number of aromatic nitrogens is 2. The van der Waals surface area contributed by atoms with Crippen LogP contribution < -0.4 is 15.5 Å². The van der Waals surface area contributed by atoms with Crippen LogP contribution in [0.5, 0.6) is 0 Å². The van der Waals surface area contributed by atoms with Gasteiger partial charge < -0.3 is 25.1 Å². The van der Waals surface area contributed by atoms with E-state index in [2.05, 4.69) is 36.5 Å². The van der Waals surface area contributed by atoms with Crippen molar-refractivity contribution in [2.24, 2.45) is 0 Å². The second kappa shape index (κ2) is 8.64. The predicted octanol–water partition coefficient (Wildman–Crippen LogP) is 3.94. The highest BCUT2D eigenvalue weighted by Gasteiger charge is 2.50. The highest BCUT2D eigenvalue weighted by Crippen LogP contribution is 2.43. The highest BCUT2D eigenvalue weighted by molar-refractivity contribution is 9.10. The monoisotopic (exact) mass is 507 g/mol. The summed E-state index contributed by atoms with van der Waals surface area (Å²) >= 11 is 3.60. The Morgan fingerprint density at radius 3 is 2.69 bits per heavy atom. The molecule has 1 aliphatic heterocycles. The number of fused-ring (bicyclic) bond motifs is 1. The van der Waals surface area contributed by atoms with Gasteiger partial charge in [0.15, 0.2) is 0 Å². The van der Waals surface area contributed by atoms with Crippen molar-refractivity contribution in [2.45, 2.75) is 63.7 Å². The number of amides is 2. The zero-order valence-electron chi connectivity index (χ0n) is 18.9. The van der Waals surface area contributed by atoms with Gasteiger partial charge in [-0.25, -0.2) is 9.78 Å². The molecule has 0 radical (unpaired) electrons. The Labute approximate surface area is 195 Å². The van der Waals surface area contributed by atoms with Gasteiger partial charge in [-0.3, -0.25) is 9.69 Å². The summed E-state index contributed by atoms with van der Waals surface area (Å²) in [6.45, 7) is 7.11. The summed E-state index contributed by atoms with van der Waals surface area (Å²) in [6, 6.07) is -0.104. The van der Waals surface area contributed by atoms with Gasteiger partial charge in [-0.2, -0.15) is 0 Å². The average Bonchev–Trinajstić information content (AvgIpc) is 3.45. The fourth-order valence-corrected chi connectivity index (χ4v) is 4.54. The first-order chi connectivity index (χ1) is 15.1. The van der Waals surface area contributed by atoms with Crippen molar-refractivity contribution in [1.82, 2.24) is 15.3 Å². The number of pyridine rings is 1. The zero-order chi connectivity index (χ0) is 23.1. The number of aromatic amines is 1. The number of carbonyl (C=O) groups is 2. The van der Waals surface area contributed by atoms with Crippen LogP contribution in [0.3, 0.4) is 0 Å². The lowest BCUT2D eigenvalue weighted by atomic mass is 10.0. The summed E-state index contributed by atoms with van der Waals surface area (Å²) in [6.07, 6.45) is 6.07. The number of rotatable bonds is 5. The lowest BCUT2D eigenvalue weighted by Crippen LogP contribution is -2.50. The summed E-state index contributed by atoms with van der Waals surface area (Å²) in [4.78, 5) is 35.6. The van der Waals surface area contributed by atoms with Crippen molar-refractivity contribution >= 4 is 50.3 Å². The number of anilines is 2. The molecule has 1 saturated carbocycles. The molecule has 2 aliphatic rings. The smallest absolute Gasteiger partial charge is 0.415 e. The molecule has 3 heterocycles. The fraction of sp³-hybridized carbons (Fsp3) is 0.591. The van der Waals surface area contributed by atoms with E-state index in [0.29, 0.717) is 46.3 Å². The maximum absolute atomic E-state index is 13.4. The minimum atomic E-state index is -0.776. The lowest BCUT2D eigenvalue weighted by Gasteiger charge is -2.36. The molecule has 10 heteroatoms. The van der Waals surface area contributed by atoms with Crippen LogP contribution in [0.2, 0.25) is 0 Å². The van der Waals surface area contributed by atoms with Gasteiger partial charge in [0, 0.05) is 26.0 Å². The molecule has 174 valence electrons. The van der Waals surface area contributed by atoms with E-state index >= 15 is 0 Å². The Morgan fingerprint density at radius 2 is 2.09 bits per heavy atom. The van der Waals surface area contributed by atoms with Crippen LogP contribution in [0, 0.1) is 0 Å². The first kappa shape index (κ1) is 23.0. The molecule has 0 aromatic carbocycles. The molecule has 1 atom stereocenters. The molecule has 0 bridgehead atoms. The number of carbonyl (C=O) groups excluding carboxylic acids is 2. The SMILES string of the molecule is COC1(C(=O)Nc2c[nH]c3ncc(Br)c(N(C(=O)OC(C)(C)C)[C@@H]4CCCNC4)c23)CC1. The van der Waals surface area contributed by atoms with E-state index in [1.807, 2.05) is 20.8 Å². The van der Waals surface area contributed by atoms with Gasteiger partial charge in [0.25, 0.3) is 5.91 Å². The Morgan fingerprint density at radius 1 is 1.34 bits per heavy atom. The lowest BCUT2D eigenvalue weighted by molar-refractivity contribution is -0.128. The first-order valence-electron chi connectivity index (χ1n) is 10.9. The highest BCUT2D eigenvalue weighted by atomic mass is 79.9. The Hall–Kier alpha value is -2.17. The topological polar surface area (TPSA) is 109 Å². The second-order valence-electron chi connectivity index (χ2n) is 9.38. The summed E-state index contributed by atoms with van der Waals surface area (Å²) in [5.41, 5.74) is 0.313. The molecule has 2 amide bonds. The summed E-state index contributed by atoms with van der Waals surface area (Å²) in [5.74, 6) is -0.199. The summed E-state index contributed by atoms with van der Waals surface area (Å²) < 4.78 is 11.9. The van der Waals surface area contributed by atoms with Gasteiger partial charge in [0.1, 0.15) is 16.8 Å². The van der Waals surface area contributed by atoms with Gasteiger partial charge in [0.2, 0.25) is 0 Å². The van der Waals surface area contributed by atoms with Crippen molar-refractivity contribution < 1.29 is 19.1 Å². The number of hydrogen-bond donors (Lipinski definition) is 3. The van der Waals surface area contributed by atoms with Crippen LogP contribution in [-0.2, 0) is 14.3 Å². The van der Waals surface area contributed by atoms with Gasteiger partial charge >= 0.3 is 6.09 Å². The molecule has 0 unspecified atom stereocenters. The fourth-order valence-electron chi connectivity index (χ4n) is 4.05. The standard InChI is InChI=1S/C22H30BrN5O4/c1-21(2,3)32-20(30)28(13-6-5-9-24-10-13)17-14(23)11-25-18-16(17)15(12-26-18)27-19(29)22(31-4)7-8-22/h11-13,24H,5-10H2,1-4H3,(H,25,26)(H,27,29)/t13-/m1/s1. The summed E-state index contributed by atoms with van der Waals surface area (Å²) in [7, 11) is 1.55. The quantitative estimate of drug-likeness (QED) is 0.565. The van der Waals surface area contributed by atoms with Crippen molar-refractivity contribution in [3.63, 3.8) is 0 Å². The number of hydrogen-bond acceptors (Lipinski definition) is 6. The van der Waals surface area contributed by atoms with Crippen LogP contribution in [0.15, 0.2) is 16.9 Å². The molecule has 3 N–H and O–H groups in total. The normalized spacial score (nSPS) is 20.1. The van der Waals surface area contributed by atoms with Crippen molar-refractivity contribution in [3.05, 3.63) is 16.9 Å². The zero-order valence-corrected chi connectivity index (χ0v) is 20.5. The number of methoxy groups -OCH3 is 1. The third-order valence-corrected chi connectivity index (χ3v) is 6.43. The molecule has 2 fully saturated rings. The van der Waals surface area contributed by atoms with E-state index < -0.39 is 17.3 Å². The van der Waals surface area contributed by atoms with Crippen molar-refractivity contribution in [3.8, 4) is 0 Å². The molecular formula is C22H30BrN5O4. The Bertz CT molecular complexity index is 1020. The van der Waals surface area contributed by atoms with Crippen molar-refractivity contribution in [2.75, 3.05) is 30.4 Å². The Balaban J connectivity index is 1.80.